The average molecular weight is 525 g/mol. The predicted octanol–water partition coefficient (Wildman–Crippen LogP) is 5.01. The Morgan fingerprint density at radius 2 is 1.92 bits per heavy atom. The monoisotopic (exact) mass is 524 g/mol. The number of guanidine groups is 1. The summed E-state index contributed by atoms with van der Waals surface area (Å²) in [6, 6.07) is 20.2. The number of anilines is 1. The van der Waals surface area contributed by atoms with Crippen LogP contribution >= 0.6 is 11.6 Å². The number of tetrazole rings is 1. The van der Waals surface area contributed by atoms with E-state index in [4.69, 9.17) is 21.8 Å². The standard InChI is InChI=1S/C27H25ClN10/c1-3-6-24-33-25-22(28)13-19(32-27(30-2)31-16-29)14-23(25)38(24)15-17-9-11-18(12-10-17)20-7-4-5-8-21(20)26-34-36-37-35-26/h4-5,7-14H,3,6,15H2,1-2H3,(H2,30,31,32)(H,34,35,36,37). The number of aryl methyl sites for hydroxylation is 1. The molecule has 5 aromatic rings. The summed E-state index contributed by atoms with van der Waals surface area (Å²) in [6.07, 6.45) is 3.56. The molecule has 0 atom stereocenters. The van der Waals surface area contributed by atoms with E-state index in [9.17, 15) is 0 Å². The van der Waals surface area contributed by atoms with Gasteiger partial charge >= 0.3 is 0 Å². The minimum Gasteiger partial charge on any atom is -0.358 e. The number of halogens is 1. The zero-order valence-electron chi connectivity index (χ0n) is 20.9. The molecule has 3 N–H and O–H groups in total. The predicted molar refractivity (Wildman–Crippen MR) is 149 cm³/mol. The van der Waals surface area contributed by atoms with Crippen LogP contribution in [0.25, 0.3) is 33.5 Å². The molecule has 5 rings (SSSR count). The summed E-state index contributed by atoms with van der Waals surface area (Å²) in [5.41, 5.74) is 6.53. The second kappa shape index (κ2) is 11.1. The normalized spacial score (nSPS) is 11.5. The highest BCUT2D eigenvalue weighted by Gasteiger charge is 2.16. The van der Waals surface area contributed by atoms with Gasteiger partial charge in [-0.2, -0.15) is 5.26 Å². The van der Waals surface area contributed by atoms with Crippen molar-refractivity contribution < 1.29 is 0 Å². The van der Waals surface area contributed by atoms with Gasteiger partial charge in [0.05, 0.1) is 10.5 Å². The molecule has 0 spiro atoms. The van der Waals surface area contributed by atoms with Crippen LogP contribution < -0.4 is 10.6 Å². The van der Waals surface area contributed by atoms with E-state index in [1.807, 2.05) is 24.3 Å². The molecule has 0 aliphatic heterocycles. The van der Waals surface area contributed by atoms with Gasteiger partial charge < -0.3 is 15.2 Å². The molecule has 2 heterocycles. The molecule has 0 bridgehead atoms. The number of nitrogens with one attached hydrogen (secondary N) is 3. The maximum atomic E-state index is 8.93. The summed E-state index contributed by atoms with van der Waals surface area (Å²) in [4.78, 5) is 8.61. The van der Waals surface area contributed by atoms with Gasteiger partial charge in [-0.05, 0) is 45.7 Å². The van der Waals surface area contributed by atoms with Crippen molar-refractivity contribution in [1.82, 2.24) is 35.5 Å². The van der Waals surface area contributed by atoms with Gasteiger partial charge in [-0.15, -0.1) is 10.1 Å². The van der Waals surface area contributed by atoms with E-state index in [-0.39, 0.29) is 0 Å². The van der Waals surface area contributed by atoms with Crippen molar-refractivity contribution >= 4 is 34.3 Å². The summed E-state index contributed by atoms with van der Waals surface area (Å²) in [7, 11) is 1.69. The number of nitriles is 1. The number of fused-ring (bicyclic) bond motifs is 1. The van der Waals surface area contributed by atoms with Crippen LogP contribution in [-0.2, 0) is 13.0 Å². The molecule has 0 aliphatic rings. The third-order valence-corrected chi connectivity index (χ3v) is 6.44. The summed E-state index contributed by atoms with van der Waals surface area (Å²) in [5, 5.41) is 29.8. The van der Waals surface area contributed by atoms with E-state index >= 15 is 0 Å². The van der Waals surface area contributed by atoms with E-state index in [0.717, 1.165) is 52.0 Å². The Morgan fingerprint density at radius 3 is 2.61 bits per heavy atom. The van der Waals surface area contributed by atoms with E-state index < -0.39 is 0 Å². The molecule has 0 amide bonds. The number of benzene rings is 3. The van der Waals surface area contributed by atoms with Gasteiger partial charge in [-0.25, -0.2) is 10.1 Å². The Bertz CT molecular complexity index is 1630. The second-order valence-electron chi connectivity index (χ2n) is 8.62. The molecule has 10 nitrogen and oxygen atoms in total. The summed E-state index contributed by atoms with van der Waals surface area (Å²) >= 11 is 6.64. The van der Waals surface area contributed by atoms with Gasteiger partial charge in [0, 0.05) is 31.3 Å². The number of aromatic amines is 1. The van der Waals surface area contributed by atoms with Crippen LogP contribution in [0.15, 0.2) is 65.7 Å². The quantitative estimate of drug-likeness (QED) is 0.155. The summed E-state index contributed by atoms with van der Waals surface area (Å²) in [5.74, 6) is 1.93. The van der Waals surface area contributed by atoms with Crippen molar-refractivity contribution in [1.29, 1.82) is 5.26 Å². The topological polar surface area (TPSA) is 132 Å². The molecular formula is C27H25ClN10. The molecule has 0 saturated carbocycles. The van der Waals surface area contributed by atoms with Gasteiger partial charge in [-0.1, -0.05) is 67.1 Å². The smallest absolute Gasteiger partial charge is 0.211 e. The maximum absolute atomic E-state index is 8.93. The Kier molecular flexibility index (Phi) is 7.28. The molecule has 0 unspecified atom stereocenters. The molecule has 3 aromatic carbocycles. The summed E-state index contributed by atoms with van der Waals surface area (Å²) < 4.78 is 2.19. The zero-order chi connectivity index (χ0) is 26.5. The Morgan fingerprint density at radius 1 is 1.13 bits per heavy atom. The molecule has 0 saturated heterocycles. The number of aromatic nitrogens is 6. The first-order valence-electron chi connectivity index (χ1n) is 12.1. The van der Waals surface area contributed by atoms with Gasteiger partial charge in [0.2, 0.25) is 12.2 Å². The number of nitrogens with zero attached hydrogens (tertiary/aromatic N) is 7. The first-order chi connectivity index (χ1) is 18.6. The van der Waals surface area contributed by atoms with Crippen LogP contribution in [0.1, 0.15) is 24.7 Å². The van der Waals surface area contributed by atoms with Crippen molar-refractivity contribution in [2.24, 2.45) is 4.99 Å². The lowest BCUT2D eigenvalue weighted by Crippen LogP contribution is -2.26. The van der Waals surface area contributed by atoms with E-state index in [2.05, 4.69) is 78.1 Å². The molecule has 11 heteroatoms. The second-order valence-corrected chi connectivity index (χ2v) is 9.02. The zero-order valence-corrected chi connectivity index (χ0v) is 21.7. The highest BCUT2D eigenvalue weighted by Crippen LogP contribution is 2.32. The van der Waals surface area contributed by atoms with Crippen molar-refractivity contribution in [2.45, 2.75) is 26.3 Å². The fraction of sp³-hybridized carbons (Fsp3) is 0.185. The van der Waals surface area contributed by atoms with Crippen LogP contribution in [-0.4, -0.2) is 43.2 Å². The minimum atomic E-state index is 0.333. The van der Waals surface area contributed by atoms with E-state index in [0.29, 0.717) is 29.0 Å². The molecule has 38 heavy (non-hydrogen) atoms. The third-order valence-electron chi connectivity index (χ3n) is 6.15. The number of hydrogen-bond acceptors (Lipinski definition) is 6. The number of rotatable bonds is 7. The first kappa shape index (κ1) is 24.9. The lowest BCUT2D eigenvalue weighted by atomic mass is 9.98. The molecule has 2 aromatic heterocycles. The Balaban J connectivity index is 1.50. The minimum absolute atomic E-state index is 0.333. The third kappa shape index (κ3) is 5.05. The number of H-pyrrole nitrogens is 1. The first-order valence-corrected chi connectivity index (χ1v) is 12.5. The lowest BCUT2D eigenvalue weighted by molar-refractivity contribution is 0.722. The number of aliphatic imine (C=N–C) groups is 1. The van der Waals surface area contributed by atoms with Gasteiger partial charge in [0.1, 0.15) is 11.3 Å². The highest BCUT2D eigenvalue weighted by atomic mass is 35.5. The molecule has 0 fully saturated rings. The van der Waals surface area contributed by atoms with Crippen LogP contribution in [0.4, 0.5) is 5.69 Å². The fourth-order valence-corrected chi connectivity index (χ4v) is 4.67. The van der Waals surface area contributed by atoms with Crippen molar-refractivity contribution in [3.05, 3.63) is 77.1 Å². The van der Waals surface area contributed by atoms with Crippen LogP contribution in [0, 0.1) is 11.5 Å². The SMILES string of the molecule is CCCc1nc2c(Cl)cc(N/C(=N\C#N)NC)cc2n1Cc1ccc(-c2ccccc2-c2nnn[nH]2)cc1. The molecule has 0 radical (unpaired) electrons. The van der Waals surface area contributed by atoms with Crippen LogP contribution in [0.3, 0.4) is 0 Å². The fourth-order valence-electron chi connectivity index (χ4n) is 4.41. The molecule has 0 aliphatic carbocycles. The largest absolute Gasteiger partial charge is 0.358 e. The van der Waals surface area contributed by atoms with E-state index in [1.54, 1.807) is 19.3 Å². The van der Waals surface area contributed by atoms with Gasteiger partial charge in [0.15, 0.2) is 5.82 Å². The number of imidazole rings is 1. The molecular weight excluding hydrogens is 500 g/mol. The lowest BCUT2D eigenvalue weighted by Gasteiger charge is -2.12. The average Bonchev–Trinajstić information content (AvgIpc) is 3.59. The molecule has 190 valence electrons. The Labute approximate surface area is 224 Å². The van der Waals surface area contributed by atoms with Crippen LogP contribution in [0.2, 0.25) is 5.02 Å². The van der Waals surface area contributed by atoms with Crippen LogP contribution in [0.5, 0.6) is 0 Å². The van der Waals surface area contributed by atoms with Crippen molar-refractivity contribution in [3.63, 3.8) is 0 Å². The maximum Gasteiger partial charge on any atom is 0.211 e. The van der Waals surface area contributed by atoms with E-state index in [1.165, 1.54) is 0 Å². The number of hydrogen-bond donors (Lipinski definition) is 3. The van der Waals surface area contributed by atoms with Gasteiger partial charge in [0.25, 0.3) is 0 Å². The highest BCUT2D eigenvalue weighted by molar-refractivity contribution is 6.35. The van der Waals surface area contributed by atoms with Crippen molar-refractivity contribution in [3.8, 4) is 28.7 Å². The summed E-state index contributed by atoms with van der Waals surface area (Å²) in [6.45, 7) is 2.76. The Hall–Kier alpha value is -4.75. The van der Waals surface area contributed by atoms with Crippen molar-refractivity contribution in [2.75, 3.05) is 12.4 Å². The van der Waals surface area contributed by atoms with Gasteiger partial charge in [-0.3, -0.25) is 0 Å².